The van der Waals surface area contributed by atoms with E-state index in [0.717, 1.165) is 99.1 Å². The Hall–Kier alpha value is 1.60. The highest BCUT2D eigenvalue weighted by Gasteiger charge is 2.35. The smallest absolute Gasteiger partial charge is 0.0564 e. The van der Waals surface area contributed by atoms with Crippen molar-refractivity contribution in [3.63, 3.8) is 0 Å². The van der Waals surface area contributed by atoms with Crippen molar-refractivity contribution in [1.29, 1.82) is 0 Å². The van der Waals surface area contributed by atoms with Crippen LogP contribution in [-0.2, 0) is 37.9 Å². The minimum absolute atomic E-state index is 0.312. The van der Waals surface area contributed by atoms with Gasteiger partial charge in [-0.3, -0.25) is 0 Å². The van der Waals surface area contributed by atoms with Crippen molar-refractivity contribution in [2.75, 3.05) is 127 Å². The minimum Gasteiger partial charge on any atom is -0.381 e. The monoisotopic (exact) mass is 944 g/mol. The number of hydrogen-bond acceptors (Lipinski definition) is 8. The van der Waals surface area contributed by atoms with Crippen LogP contribution >= 0.6 is 63.7 Å². The predicted octanol–water partition coefficient (Wildman–Crippen LogP) is 8.86. The number of rotatable bonds is 24. The molecule has 1 saturated heterocycles. The van der Waals surface area contributed by atoms with E-state index in [1.165, 1.54) is 0 Å². The molecule has 0 spiro atoms. The van der Waals surface area contributed by atoms with Gasteiger partial charge in [-0.15, -0.1) is 0 Å². The Morgan fingerprint density at radius 1 is 0.354 bits per heavy atom. The summed E-state index contributed by atoms with van der Waals surface area (Å²) < 4.78 is 50.7. The van der Waals surface area contributed by atoms with Crippen molar-refractivity contribution in [1.82, 2.24) is 0 Å². The molecule has 48 heavy (non-hydrogen) atoms. The first-order valence-electron chi connectivity index (χ1n) is 17.9. The van der Waals surface area contributed by atoms with Crippen LogP contribution in [-0.4, -0.2) is 127 Å². The van der Waals surface area contributed by atoms with Crippen LogP contribution in [0.2, 0.25) is 0 Å². The SMILES string of the molecule is CC1(COCCCCBr)COCC(C)(COCCCCBr)COCC(C)(COCCCCBr)COCC(C)(COCCCCBr)COC1. The van der Waals surface area contributed by atoms with Crippen LogP contribution in [0.4, 0.5) is 0 Å². The summed E-state index contributed by atoms with van der Waals surface area (Å²) in [5, 5.41) is 3.95. The predicted molar refractivity (Wildman–Crippen MR) is 211 cm³/mol. The Balaban J connectivity index is 3.12. The van der Waals surface area contributed by atoms with Gasteiger partial charge in [0.15, 0.2) is 0 Å². The molecular formula is C36H68Br4O8. The largest absolute Gasteiger partial charge is 0.381 e. The summed E-state index contributed by atoms with van der Waals surface area (Å²) in [5.74, 6) is 0. The van der Waals surface area contributed by atoms with Crippen molar-refractivity contribution >= 4 is 63.7 Å². The lowest BCUT2D eigenvalue weighted by Gasteiger charge is -2.37. The highest BCUT2D eigenvalue weighted by atomic mass is 79.9. The summed E-state index contributed by atoms with van der Waals surface area (Å²) in [7, 11) is 0. The van der Waals surface area contributed by atoms with Gasteiger partial charge in [-0.25, -0.2) is 0 Å². The molecule has 0 saturated carbocycles. The number of ether oxygens (including phenoxy) is 8. The molecule has 12 heteroatoms. The number of hydrogen-bond donors (Lipinski definition) is 0. The van der Waals surface area contributed by atoms with Crippen LogP contribution in [0.5, 0.6) is 0 Å². The topological polar surface area (TPSA) is 73.8 Å². The van der Waals surface area contributed by atoms with Crippen LogP contribution in [0.25, 0.3) is 0 Å². The van der Waals surface area contributed by atoms with E-state index in [9.17, 15) is 0 Å². The van der Waals surface area contributed by atoms with Crippen molar-refractivity contribution < 1.29 is 37.9 Å². The molecule has 1 aliphatic rings. The lowest BCUT2D eigenvalue weighted by Crippen LogP contribution is -2.43. The van der Waals surface area contributed by atoms with Crippen LogP contribution < -0.4 is 0 Å². The highest BCUT2D eigenvalue weighted by molar-refractivity contribution is 9.09. The van der Waals surface area contributed by atoms with E-state index in [1.807, 2.05) is 0 Å². The first-order chi connectivity index (χ1) is 23.1. The number of alkyl halides is 4. The summed E-state index contributed by atoms with van der Waals surface area (Å²) in [6, 6.07) is 0. The van der Waals surface area contributed by atoms with Gasteiger partial charge in [0.1, 0.15) is 0 Å². The molecule has 0 bridgehead atoms. The second kappa shape index (κ2) is 29.0. The molecule has 8 nitrogen and oxygen atoms in total. The second-order valence-corrected chi connectivity index (χ2v) is 18.2. The molecule has 0 N–H and O–H groups in total. The molecule has 0 amide bonds. The molecule has 0 radical (unpaired) electrons. The van der Waals surface area contributed by atoms with Gasteiger partial charge in [-0.05, 0) is 51.4 Å². The average Bonchev–Trinajstić information content (AvgIpc) is 3.04. The van der Waals surface area contributed by atoms with Crippen molar-refractivity contribution in [2.45, 2.75) is 79.1 Å². The maximum Gasteiger partial charge on any atom is 0.0564 e. The molecule has 0 aromatic heterocycles. The Kier molecular flexibility index (Phi) is 28.8. The molecule has 0 aromatic rings. The molecule has 288 valence electrons. The van der Waals surface area contributed by atoms with Crippen LogP contribution in [0.15, 0.2) is 0 Å². The lowest BCUT2D eigenvalue weighted by molar-refractivity contribution is -0.137. The molecule has 0 aliphatic carbocycles. The maximum atomic E-state index is 6.51. The third-order valence-electron chi connectivity index (χ3n) is 8.10. The summed E-state index contributed by atoms with van der Waals surface area (Å²) >= 11 is 14.1. The quantitative estimate of drug-likeness (QED) is 0.0703. The summed E-state index contributed by atoms with van der Waals surface area (Å²) in [5.41, 5.74) is -1.25. The van der Waals surface area contributed by atoms with Gasteiger partial charge in [-0.1, -0.05) is 91.4 Å². The Bertz CT molecular complexity index is 615. The first-order valence-corrected chi connectivity index (χ1v) is 22.4. The van der Waals surface area contributed by atoms with Gasteiger partial charge in [0.25, 0.3) is 0 Å². The zero-order valence-corrected chi connectivity index (χ0v) is 36.9. The zero-order valence-electron chi connectivity index (χ0n) is 30.6. The molecule has 1 heterocycles. The number of halogens is 4. The van der Waals surface area contributed by atoms with Gasteiger partial charge in [0.2, 0.25) is 0 Å². The number of unbranched alkanes of at least 4 members (excludes halogenated alkanes) is 4. The summed E-state index contributed by atoms with van der Waals surface area (Å²) in [6.45, 7) is 18.0. The molecule has 0 aromatic carbocycles. The van der Waals surface area contributed by atoms with Gasteiger partial charge < -0.3 is 37.9 Å². The van der Waals surface area contributed by atoms with Crippen LogP contribution in [0, 0.1) is 21.7 Å². The molecular weight excluding hydrogens is 880 g/mol. The van der Waals surface area contributed by atoms with Gasteiger partial charge in [0.05, 0.1) is 79.3 Å². The zero-order chi connectivity index (χ0) is 35.5. The molecule has 1 rings (SSSR count). The van der Waals surface area contributed by atoms with Gasteiger partial charge >= 0.3 is 0 Å². The normalized spacial score (nSPS) is 28.5. The van der Waals surface area contributed by atoms with Crippen LogP contribution in [0.3, 0.4) is 0 Å². The summed E-state index contributed by atoms with van der Waals surface area (Å²) in [4.78, 5) is 0. The minimum atomic E-state index is -0.312. The second-order valence-electron chi connectivity index (χ2n) is 15.0. The van der Waals surface area contributed by atoms with Gasteiger partial charge in [0, 0.05) is 69.4 Å². The first kappa shape index (κ1) is 47.6. The van der Waals surface area contributed by atoms with E-state index >= 15 is 0 Å². The Morgan fingerprint density at radius 2 is 0.542 bits per heavy atom. The standard InChI is InChI=1S/C36H68Br4O8/c1-33(21-41-17-9-5-13-37)25-45-27-34(2,22-42-18-10-6-14-38)29-47-31-36(4,24-44-20-12-8-16-40)32-48-30-35(3,28-46-26-33)23-43-19-11-7-15-39/h5-32H2,1-4H3. The fourth-order valence-corrected chi connectivity index (χ4v) is 6.73. The Morgan fingerprint density at radius 3 is 0.708 bits per heavy atom. The molecule has 0 unspecified atom stereocenters. The molecule has 1 aliphatic heterocycles. The van der Waals surface area contributed by atoms with E-state index in [2.05, 4.69) is 91.4 Å². The van der Waals surface area contributed by atoms with E-state index in [1.54, 1.807) is 0 Å². The highest BCUT2D eigenvalue weighted by Crippen LogP contribution is 2.28. The third-order valence-corrected chi connectivity index (χ3v) is 10.3. The Labute approximate surface area is 327 Å². The fourth-order valence-electron chi connectivity index (χ4n) is 5.14. The van der Waals surface area contributed by atoms with Crippen LogP contribution in [0.1, 0.15) is 79.1 Å². The third kappa shape index (κ3) is 24.0. The lowest BCUT2D eigenvalue weighted by atomic mass is 9.90. The molecule has 1 fully saturated rings. The van der Waals surface area contributed by atoms with E-state index < -0.39 is 0 Å². The van der Waals surface area contributed by atoms with Crippen molar-refractivity contribution in [3.8, 4) is 0 Å². The van der Waals surface area contributed by atoms with E-state index in [-0.39, 0.29) is 21.7 Å². The fraction of sp³-hybridized carbons (Fsp3) is 1.00. The van der Waals surface area contributed by atoms with Crippen molar-refractivity contribution in [3.05, 3.63) is 0 Å². The summed E-state index contributed by atoms with van der Waals surface area (Å²) in [6.07, 6.45) is 8.45. The van der Waals surface area contributed by atoms with E-state index in [4.69, 9.17) is 37.9 Å². The van der Waals surface area contributed by atoms with Gasteiger partial charge in [-0.2, -0.15) is 0 Å². The van der Waals surface area contributed by atoms with E-state index in [0.29, 0.717) is 79.3 Å². The average molecular weight is 949 g/mol. The molecule has 0 atom stereocenters. The van der Waals surface area contributed by atoms with Crippen molar-refractivity contribution in [2.24, 2.45) is 21.7 Å². The maximum absolute atomic E-state index is 6.51.